The summed E-state index contributed by atoms with van der Waals surface area (Å²) in [6, 6.07) is 0.248. The van der Waals surface area contributed by atoms with E-state index < -0.39 is 7.12 Å². The molecule has 0 unspecified atom stereocenters. The molecule has 3 rings (SSSR count). The zero-order valence-corrected chi connectivity index (χ0v) is 15.7. The van der Waals surface area contributed by atoms with Crippen LogP contribution in [0.3, 0.4) is 0 Å². The normalized spacial score (nSPS) is 22.9. The molecule has 3 heterocycles. The van der Waals surface area contributed by atoms with Crippen LogP contribution in [0.15, 0.2) is 12.4 Å². The predicted molar refractivity (Wildman–Crippen MR) is 96.8 cm³/mol. The standard InChI is InChI=1S/C17H27BN4O3/c1-12(23)21-14-6-8-22(9-7-14)15-19-10-13(11-20-15)18-24-16(2,3)17(4,5)25-18/h10-11,14H,6-9H2,1-5H3,(H,21,23). The van der Waals surface area contributed by atoms with Crippen molar-refractivity contribution in [2.75, 3.05) is 18.0 Å². The fraction of sp³-hybridized carbons (Fsp3) is 0.706. The number of anilines is 1. The molecule has 8 heteroatoms. The fourth-order valence-electron chi connectivity index (χ4n) is 3.11. The maximum absolute atomic E-state index is 11.1. The fourth-order valence-corrected chi connectivity index (χ4v) is 3.11. The van der Waals surface area contributed by atoms with Crippen LogP contribution in [0.1, 0.15) is 47.5 Å². The number of hydrogen-bond acceptors (Lipinski definition) is 6. The molecule has 136 valence electrons. The van der Waals surface area contributed by atoms with Gasteiger partial charge < -0.3 is 19.5 Å². The van der Waals surface area contributed by atoms with E-state index in [1.165, 1.54) is 0 Å². The average molecular weight is 346 g/mol. The molecule has 0 saturated carbocycles. The first-order valence-electron chi connectivity index (χ1n) is 8.87. The van der Waals surface area contributed by atoms with Crippen LogP contribution < -0.4 is 15.7 Å². The molecule has 0 spiro atoms. The molecular formula is C17H27BN4O3. The predicted octanol–water partition coefficient (Wildman–Crippen LogP) is 0.881. The second-order valence-corrected chi connectivity index (χ2v) is 7.87. The summed E-state index contributed by atoms with van der Waals surface area (Å²) in [6.45, 7) is 11.3. The van der Waals surface area contributed by atoms with E-state index in [2.05, 4.69) is 20.2 Å². The van der Waals surface area contributed by atoms with Crippen molar-refractivity contribution in [3.63, 3.8) is 0 Å². The summed E-state index contributed by atoms with van der Waals surface area (Å²) in [5.74, 6) is 0.739. The molecule has 2 fully saturated rings. The van der Waals surface area contributed by atoms with Gasteiger partial charge in [-0.25, -0.2) is 9.97 Å². The minimum atomic E-state index is -0.440. The minimum absolute atomic E-state index is 0.0291. The SMILES string of the molecule is CC(=O)NC1CCN(c2ncc(B3OC(C)(C)C(C)(C)O3)cn2)CC1. The Morgan fingerprint density at radius 2 is 1.68 bits per heavy atom. The van der Waals surface area contributed by atoms with Gasteiger partial charge in [-0.15, -0.1) is 0 Å². The van der Waals surface area contributed by atoms with Crippen molar-refractivity contribution in [1.29, 1.82) is 0 Å². The first-order valence-corrected chi connectivity index (χ1v) is 8.87. The zero-order chi connectivity index (χ0) is 18.2. The van der Waals surface area contributed by atoms with Gasteiger partial charge in [-0.2, -0.15) is 0 Å². The van der Waals surface area contributed by atoms with Crippen LogP contribution in [0.25, 0.3) is 0 Å². The van der Waals surface area contributed by atoms with Crippen molar-refractivity contribution in [3.8, 4) is 0 Å². The number of amides is 1. The number of carbonyl (C=O) groups is 1. The molecule has 1 N–H and O–H groups in total. The molecule has 2 saturated heterocycles. The van der Waals surface area contributed by atoms with Gasteiger partial charge in [-0.05, 0) is 40.5 Å². The molecule has 2 aliphatic rings. The molecule has 0 radical (unpaired) electrons. The van der Waals surface area contributed by atoms with Gasteiger partial charge in [-0.3, -0.25) is 4.79 Å². The molecule has 7 nitrogen and oxygen atoms in total. The lowest BCUT2D eigenvalue weighted by Gasteiger charge is -2.32. The molecule has 0 atom stereocenters. The molecule has 1 aromatic rings. The van der Waals surface area contributed by atoms with E-state index in [1.54, 1.807) is 19.3 Å². The number of hydrogen-bond donors (Lipinski definition) is 1. The van der Waals surface area contributed by atoms with E-state index in [4.69, 9.17) is 9.31 Å². The molecule has 0 aliphatic carbocycles. The third-order valence-electron chi connectivity index (χ3n) is 5.37. The number of carbonyl (C=O) groups excluding carboxylic acids is 1. The van der Waals surface area contributed by atoms with Crippen LogP contribution in [0.2, 0.25) is 0 Å². The van der Waals surface area contributed by atoms with E-state index in [1.807, 2.05) is 27.7 Å². The van der Waals surface area contributed by atoms with Crippen molar-refractivity contribution in [2.24, 2.45) is 0 Å². The lowest BCUT2D eigenvalue weighted by atomic mass is 9.81. The van der Waals surface area contributed by atoms with E-state index in [9.17, 15) is 4.79 Å². The highest BCUT2D eigenvalue weighted by atomic mass is 16.7. The van der Waals surface area contributed by atoms with Crippen LogP contribution in [-0.2, 0) is 14.1 Å². The Hall–Kier alpha value is -1.67. The second-order valence-electron chi connectivity index (χ2n) is 7.87. The number of aromatic nitrogens is 2. The summed E-state index contributed by atoms with van der Waals surface area (Å²) in [5.41, 5.74) is 0.0830. The van der Waals surface area contributed by atoms with Gasteiger partial charge in [0.2, 0.25) is 11.9 Å². The smallest absolute Gasteiger partial charge is 0.399 e. The molecule has 2 aliphatic heterocycles. The number of nitrogens with zero attached hydrogens (tertiary/aromatic N) is 3. The molecule has 25 heavy (non-hydrogen) atoms. The third-order valence-corrected chi connectivity index (χ3v) is 5.37. The van der Waals surface area contributed by atoms with Gasteiger partial charge in [0.05, 0.1) is 11.2 Å². The van der Waals surface area contributed by atoms with Gasteiger partial charge in [0.25, 0.3) is 0 Å². The summed E-state index contributed by atoms with van der Waals surface area (Å²) in [6.07, 6.45) is 5.37. The molecule has 1 amide bonds. The largest absolute Gasteiger partial charge is 0.498 e. The number of rotatable bonds is 3. The van der Waals surface area contributed by atoms with E-state index >= 15 is 0 Å². The highest BCUT2D eigenvalue weighted by Gasteiger charge is 2.52. The Balaban J connectivity index is 1.61. The third kappa shape index (κ3) is 3.79. The molecule has 1 aromatic heterocycles. The summed E-state index contributed by atoms with van der Waals surface area (Å²) in [7, 11) is -0.440. The summed E-state index contributed by atoms with van der Waals surface area (Å²) in [4.78, 5) is 22.3. The van der Waals surface area contributed by atoms with Crippen molar-refractivity contribution in [1.82, 2.24) is 15.3 Å². The second kappa shape index (κ2) is 6.57. The van der Waals surface area contributed by atoms with Crippen LogP contribution in [-0.4, -0.2) is 53.3 Å². The Bertz CT molecular complexity index is 611. The Labute approximate surface area is 149 Å². The maximum atomic E-state index is 11.1. The Morgan fingerprint density at radius 3 is 2.16 bits per heavy atom. The first-order chi connectivity index (χ1) is 11.7. The van der Waals surface area contributed by atoms with Crippen molar-refractivity contribution < 1.29 is 14.1 Å². The van der Waals surface area contributed by atoms with Crippen LogP contribution >= 0.6 is 0 Å². The van der Waals surface area contributed by atoms with Crippen molar-refractivity contribution in [3.05, 3.63) is 12.4 Å². The minimum Gasteiger partial charge on any atom is -0.399 e. The van der Waals surface area contributed by atoms with Crippen LogP contribution in [0.4, 0.5) is 5.95 Å². The Kier molecular flexibility index (Phi) is 4.77. The lowest BCUT2D eigenvalue weighted by Crippen LogP contribution is -2.44. The maximum Gasteiger partial charge on any atom is 0.498 e. The van der Waals surface area contributed by atoms with Crippen LogP contribution in [0, 0.1) is 0 Å². The molecular weight excluding hydrogens is 319 g/mol. The van der Waals surface area contributed by atoms with Gasteiger partial charge in [0.15, 0.2) is 0 Å². The Morgan fingerprint density at radius 1 is 1.16 bits per heavy atom. The van der Waals surface area contributed by atoms with Crippen molar-refractivity contribution in [2.45, 2.75) is 64.7 Å². The summed E-state index contributed by atoms with van der Waals surface area (Å²) >= 11 is 0. The van der Waals surface area contributed by atoms with Crippen LogP contribution in [0.5, 0.6) is 0 Å². The van der Waals surface area contributed by atoms with Gasteiger partial charge in [0, 0.05) is 43.9 Å². The number of piperidine rings is 1. The zero-order valence-electron chi connectivity index (χ0n) is 15.7. The highest BCUT2D eigenvalue weighted by molar-refractivity contribution is 6.61. The summed E-state index contributed by atoms with van der Waals surface area (Å²) in [5, 5.41) is 2.98. The van der Waals surface area contributed by atoms with Gasteiger partial charge in [-0.1, -0.05) is 0 Å². The first kappa shape index (κ1) is 18.1. The van der Waals surface area contributed by atoms with Gasteiger partial charge in [0.1, 0.15) is 0 Å². The highest BCUT2D eigenvalue weighted by Crippen LogP contribution is 2.36. The average Bonchev–Trinajstić information content (AvgIpc) is 2.76. The van der Waals surface area contributed by atoms with Gasteiger partial charge >= 0.3 is 7.12 Å². The topological polar surface area (TPSA) is 76.6 Å². The molecule has 0 aromatic carbocycles. The van der Waals surface area contributed by atoms with E-state index in [0.717, 1.165) is 31.4 Å². The van der Waals surface area contributed by atoms with E-state index in [0.29, 0.717) is 5.95 Å². The lowest BCUT2D eigenvalue weighted by molar-refractivity contribution is -0.119. The summed E-state index contributed by atoms with van der Waals surface area (Å²) < 4.78 is 12.1. The number of nitrogens with one attached hydrogen (secondary N) is 1. The van der Waals surface area contributed by atoms with Crippen molar-refractivity contribution >= 4 is 24.4 Å². The monoisotopic (exact) mass is 346 g/mol. The quantitative estimate of drug-likeness (QED) is 0.819. The molecule has 0 bridgehead atoms. The van der Waals surface area contributed by atoms with E-state index in [-0.39, 0.29) is 23.2 Å².